The minimum atomic E-state index is -2.77. The number of nitrogens with zero attached hydrogens (tertiary/aromatic N) is 2. The van der Waals surface area contributed by atoms with Gasteiger partial charge in [-0.1, -0.05) is 0 Å². The van der Waals surface area contributed by atoms with Gasteiger partial charge in [0, 0.05) is 7.05 Å². The zero-order valence-electron chi connectivity index (χ0n) is 26.4. The molecule has 8 heteroatoms. The molecule has 0 bridgehead atoms. The summed E-state index contributed by atoms with van der Waals surface area (Å²) in [6, 6.07) is 48.7. The van der Waals surface area contributed by atoms with Crippen LogP contribution in [0, 0.1) is 0 Å². The number of hydrogen-bond acceptors (Lipinski definition) is 5. The van der Waals surface area contributed by atoms with E-state index in [4.69, 9.17) is 4.74 Å². The fraction of sp³-hybridized carbons (Fsp3) is 0.0244. The molecule has 0 saturated carbocycles. The third-order valence-electron chi connectivity index (χ3n) is 9.33. The number of amides is 4. The van der Waals surface area contributed by atoms with E-state index in [-0.39, 0.29) is 22.6 Å². The third-order valence-corrected chi connectivity index (χ3v) is 14.1. The molecule has 0 fully saturated rings. The maximum absolute atomic E-state index is 13.8. The van der Waals surface area contributed by atoms with E-state index < -0.39 is 25.0 Å². The summed E-state index contributed by atoms with van der Waals surface area (Å²) in [5, 5.41) is 4.78. The molecular formula is C41H29N2O5P. The molecular weight excluding hydrogens is 631 g/mol. The van der Waals surface area contributed by atoms with Crippen LogP contribution in [0.1, 0.15) is 41.4 Å². The van der Waals surface area contributed by atoms with Crippen LogP contribution in [0.3, 0.4) is 0 Å². The second kappa shape index (κ2) is 11.8. The molecule has 0 spiro atoms. The van der Waals surface area contributed by atoms with E-state index in [0.29, 0.717) is 22.7 Å². The Labute approximate surface area is 283 Å². The zero-order valence-corrected chi connectivity index (χ0v) is 27.4. The van der Waals surface area contributed by atoms with Gasteiger partial charge < -0.3 is 0 Å². The van der Waals surface area contributed by atoms with Gasteiger partial charge in [0.05, 0.1) is 11.1 Å². The zero-order chi connectivity index (χ0) is 33.7. The van der Waals surface area contributed by atoms with Crippen molar-refractivity contribution in [2.45, 2.75) is 0 Å². The van der Waals surface area contributed by atoms with Gasteiger partial charge in [-0.15, -0.1) is 0 Å². The van der Waals surface area contributed by atoms with E-state index in [2.05, 4.69) is 72.8 Å². The molecule has 8 rings (SSSR count). The Hall–Kier alpha value is -6.17. The first kappa shape index (κ1) is 30.2. The number of benzene rings is 6. The summed E-state index contributed by atoms with van der Waals surface area (Å²) in [4.78, 5) is 54.4. The van der Waals surface area contributed by atoms with Crippen molar-refractivity contribution >= 4 is 57.8 Å². The van der Waals surface area contributed by atoms with Crippen molar-refractivity contribution in [3.63, 3.8) is 0 Å². The predicted molar refractivity (Wildman–Crippen MR) is 193 cm³/mol. The van der Waals surface area contributed by atoms with E-state index in [0.717, 1.165) is 10.2 Å². The van der Waals surface area contributed by atoms with Crippen LogP contribution in [0.25, 0.3) is 0 Å². The van der Waals surface area contributed by atoms with Gasteiger partial charge in [0.2, 0.25) is 0 Å². The van der Waals surface area contributed by atoms with Gasteiger partial charge >= 0.3 is 233 Å². The summed E-state index contributed by atoms with van der Waals surface area (Å²) in [6.45, 7) is 0. The Balaban J connectivity index is 1.14. The van der Waals surface area contributed by atoms with Crippen LogP contribution < -0.4 is 30.9 Å². The first-order chi connectivity index (χ1) is 23.9. The van der Waals surface area contributed by atoms with Crippen molar-refractivity contribution in [2.24, 2.45) is 0 Å². The molecule has 0 atom stereocenters. The Morgan fingerprint density at radius 1 is 0.429 bits per heavy atom. The number of rotatable bonds is 7. The molecule has 0 radical (unpaired) electrons. The number of carbonyl (C=O) groups excluding carboxylic acids is 4. The number of carbonyl (C=O) groups is 4. The van der Waals surface area contributed by atoms with Gasteiger partial charge in [-0.2, -0.15) is 0 Å². The van der Waals surface area contributed by atoms with E-state index >= 15 is 0 Å². The molecule has 238 valence electrons. The SMILES string of the molecule is CN1C(=O)c2ccc(Oc3ccc4c(c3)C(=O)N(c3ccc([PH](c5ccccc5)(c5ccccc5)c5ccccc5)cc3)C4=O)cc2C1=O. The Morgan fingerprint density at radius 2 is 0.816 bits per heavy atom. The van der Waals surface area contributed by atoms with E-state index in [1.807, 2.05) is 42.5 Å². The Morgan fingerprint density at radius 3 is 1.31 bits per heavy atom. The van der Waals surface area contributed by atoms with Crippen LogP contribution in [0.2, 0.25) is 0 Å². The quantitative estimate of drug-likeness (QED) is 0.158. The summed E-state index contributed by atoms with van der Waals surface area (Å²) >= 11 is 0. The van der Waals surface area contributed by atoms with E-state index in [1.54, 1.807) is 24.3 Å². The van der Waals surface area contributed by atoms with Crippen molar-refractivity contribution in [1.82, 2.24) is 4.90 Å². The molecule has 6 aromatic rings. The minimum Gasteiger partial charge on any atom is -0.269 e. The molecule has 2 aliphatic heterocycles. The van der Waals surface area contributed by atoms with Crippen LogP contribution in [-0.4, -0.2) is 35.6 Å². The van der Waals surface area contributed by atoms with Crippen molar-refractivity contribution in [2.75, 3.05) is 11.9 Å². The smallest absolute Gasteiger partial charge is 0.269 e. The van der Waals surface area contributed by atoms with Gasteiger partial charge in [-0.25, -0.2) is 0 Å². The summed E-state index contributed by atoms with van der Waals surface area (Å²) in [5.74, 6) is -0.977. The molecule has 0 unspecified atom stereocenters. The second-order valence-electron chi connectivity index (χ2n) is 12.0. The van der Waals surface area contributed by atoms with Gasteiger partial charge in [-0.3, -0.25) is 14.5 Å². The number of anilines is 1. The fourth-order valence-corrected chi connectivity index (χ4v) is 11.7. The van der Waals surface area contributed by atoms with Crippen molar-refractivity contribution in [3.8, 4) is 11.5 Å². The van der Waals surface area contributed by atoms with Crippen LogP contribution in [0.5, 0.6) is 11.5 Å². The summed E-state index contributed by atoms with van der Waals surface area (Å²) in [7, 11) is -1.34. The summed E-state index contributed by atoms with van der Waals surface area (Å²) in [6.07, 6.45) is 0. The standard InChI is InChI=1S/C41H29N2O5P/c1-42-38(44)34-23-19-28(25-36(34)39(42)45)48-29-20-24-35-37(26-29)41(47)43(40(35)46)27-17-21-33(22-18-27)49(30-11-5-2-6-12-30,31-13-7-3-8-14-31)32-15-9-4-10-16-32/h2-26,49H,1H3. The summed E-state index contributed by atoms with van der Waals surface area (Å²) in [5.41, 5.74) is 1.54. The molecule has 7 nitrogen and oxygen atoms in total. The Bertz CT molecular complexity index is 2190. The first-order valence-electron chi connectivity index (χ1n) is 15.8. The molecule has 0 saturated heterocycles. The van der Waals surface area contributed by atoms with Crippen LogP contribution >= 0.6 is 7.26 Å². The molecule has 4 amide bonds. The molecule has 0 N–H and O–H groups in total. The molecule has 49 heavy (non-hydrogen) atoms. The molecule has 2 aliphatic rings. The van der Waals surface area contributed by atoms with Crippen LogP contribution in [0.15, 0.2) is 152 Å². The van der Waals surface area contributed by atoms with Crippen LogP contribution in [-0.2, 0) is 0 Å². The second-order valence-corrected chi connectivity index (χ2v) is 15.8. The molecule has 0 aliphatic carbocycles. The van der Waals surface area contributed by atoms with Gasteiger partial charge in [-0.05, 0) is 6.07 Å². The topological polar surface area (TPSA) is 84.0 Å². The van der Waals surface area contributed by atoms with Crippen molar-refractivity contribution in [3.05, 3.63) is 174 Å². The van der Waals surface area contributed by atoms with Crippen molar-refractivity contribution in [1.29, 1.82) is 0 Å². The average Bonchev–Trinajstić information content (AvgIpc) is 3.52. The molecule has 6 aromatic carbocycles. The minimum absolute atomic E-state index is 0.223. The van der Waals surface area contributed by atoms with Gasteiger partial charge in [0.25, 0.3) is 11.8 Å². The molecule has 2 heterocycles. The monoisotopic (exact) mass is 660 g/mol. The van der Waals surface area contributed by atoms with Gasteiger partial charge in [0.1, 0.15) is 0 Å². The number of hydrogen-bond donors (Lipinski definition) is 0. The number of ether oxygens (including phenoxy) is 1. The normalized spacial score (nSPS) is 14.2. The Kier molecular flexibility index (Phi) is 7.28. The number of imide groups is 2. The van der Waals surface area contributed by atoms with E-state index in [9.17, 15) is 19.2 Å². The number of fused-ring (bicyclic) bond motifs is 2. The first-order valence-corrected chi connectivity index (χ1v) is 17.8. The average molecular weight is 661 g/mol. The molecule has 0 aromatic heterocycles. The predicted octanol–water partition coefficient (Wildman–Crippen LogP) is 5.86. The van der Waals surface area contributed by atoms with E-state index in [1.165, 1.54) is 40.0 Å². The van der Waals surface area contributed by atoms with Gasteiger partial charge in [0.15, 0.2) is 0 Å². The maximum atomic E-state index is 13.8. The fourth-order valence-electron chi connectivity index (χ4n) is 6.98. The summed E-state index contributed by atoms with van der Waals surface area (Å²) < 4.78 is 5.99. The third kappa shape index (κ3) is 4.78. The van der Waals surface area contributed by atoms with Crippen LogP contribution in [0.4, 0.5) is 5.69 Å². The van der Waals surface area contributed by atoms with Crippen molar-refractivity contribution < 1.29 is 23.9 Å².